The molecule has 0 aliphatic heterocycles. The van der Waals surface area contributed by atoms with Gasteiger partial charge in [-0.05, 0) is 6.42 Å². The monoisotopic (exact) mass is 179 g/mol. The van der Waals surface area contributed by atoms with Crippen molar-refractivity contribution in [1.29, 1.82) is 0 Å². The first kappa shape index (κ1) is 9.33. The summed E-state index contributed by atoms with van der Waals surface area (Å²) in [6.45, 7) is 1.95. The Morgan fingerprint density at radius 3 is 2.67 bits per heavy atom. The van der Waals surface area contributed by atoms with Crippen LogP contribution in [0.15, 0.2) is 30.3 Å². The van der Waals surface area contributed by atoms with Gasteiger partial charge < -0.3 is 0 Å². The van der Waals surface area contributed by atoms with Crippen LogP contribution >= 0.6 is 11.8 Å². The van der Waals surface area contributed by atoms with Crippen molar-refractivity contribution in [2.24, 2.45) is 0 Å². The van der Waals surface area contributed by atoms with E-state index in [2.05, 4.69) is 0 Å². The fourth-order valence-corrected chi connectivity index (χ4v) is 1.44. The molecule has 1 nitrogen and oxygen atoms in total. The molecule has 0 amide bonds. The summed E-state index contributed by atoms with van der Waals surface area (Å²) in [6.07, 6.45) is 1.98. The van der Waals surface area contributed by atoms with Gasteiger partial charge in [0.15, 0.2) is 0 Å². The topological polar surface area (TPSA) is 17.1 Å². The van der Waals surface area contributed by atoms with Gasteiger partial charge in [-0.1, -0.05) is 49.0 Å². The summed E-state index contributed by atoms with van der Waals surface area (Å²) >= 11 is 1.34. The SMILES string of the molecule is C[CH]CSC(=O)c1ccccc1. The molecular weight excluding hydrogens is 168 g/mol. The van der Waals surface area contributed by atoms with E-state index in [4.69, 9.17) is 0 Å². The van der Waals surface area contributed by atoms with Gasteiger partial charge in [0.2, 0.25) is 5.12 Å². The molecule has 0 saturated heterocycles. The van der Waals surface area contributed by atoms with Gasteiger partial charge in [0.25, 0.3) is 0 Å². The van der Waals surface area contributed by atoms with Crippen LogP contribution in [0, 0.1) is 6.42 Å². The summed E-state index contributed by atoms with van der Waals surface area (Å²) in [5.41, 5.74) is 0.782. The van der Waals surface area contributed by atoms with Crippen molar-refractivity contribution >= 4 is 16.9 Å². The summed E-state index contributed by atoms with van der Waals surface area (Å²) in [5, 5.41) is 0.147. The van der Waals surface area contributed by atoms with E-state index in [0.717, 1.165) is 11.3 Å². The average molecular weight is 179 g/mol. The van der Waals surface area contributed by atoms with Crippen LogP contribution in [-0.2, 0) is 0 Å². The van der Waals surface area contributed by atoms with Gasteiger partial charge in [-0.25, -0.2) is 0 Å². The molecule has 1 aromatic rings. The number of thioether (sulfide) groups is 1. The molecule has 2 heteroatoms. The van der Waals surface area contributed by atoms with Crippen molar-refractivity contribution in [3.05, 3.63) is 42.3 Å². The standard InChI is InChI=1S/C10H11OS/c1-2-8-12-10(11)9-6-4-3-5-7-9/h2-7H,8H2,1H3. The number of hydrogen-bond donors (Lipinski definition) is 0. The van der Waals surface area contributed by atoms with Gasteiger partial charge in [0.05, 0.1) is 0 Å². The average Bonchev–Trinajstić information content (AvgIpc) is 2.15. The van der Waals surface area contributed by atoms with Crippen LogP contribution in [0.1, 0.15) is 17.3 Å². The minimum Gasteiger partial charge on any atom is -0.282 e. The molecule has 0 spiro atoms. The van der Waals surface area contributed by atoms with E-state index < -0.39 is 0 Å². The zero-order valence-electron chi connectivity index (χ0n) is 6.99. The summed E-state index contributed by atoms with van der Waals surface area (Å²) in [4.78, 5) is 11.3. The molecule has 1 rings (SSSR count). The largest absolute Gasteiger partial charge is 0.282 e. The molecule has 0 atom stereocenters. The Morgan fingerprint density at radius 2 is 2.08 bits per heavy atom. The molecule has 1 aromatic carbocycles. The van der Waals surface area contributed by atoms with Gasteiger partial charge in [-0.2, -0.15) is 0 Å². The Balaban J connectivity index is 2.54. The number of carbonyl (C=O) groups excluding carboxylic acids is 1. The Morgan fingerprint density at radius 1 is 1.42 bits per heavy atom. The van der Waals surface area contributed by atoms with Crippen molar-refractivity contribution < 1.29 is 4.79 Å². The summed E-state index contributed by atoms with van der Waals surface area (Å²) in [6, 6.07) is 9.34. The van der Waals surface area contributed by atoms with Crippen molar-refractivity contribution in [2.45, 2.75) is 6.92 Å². The lowest BCUT2D eigenvalue weighted by atomic mass is 10.2. The number of carbonyl (C=O) groups is 1. The van der Waals surface area contributed by atoms with Gasteiger partial charge >= 0.3 is 0 Å². The third-order valence-corrected chi connectivity index (χ3v) is 2.39. The van der Waals surface area contributed by atoms with Crippen LogP contribution in [0.25, 0.3) is 0 Å². The molecule has 0 N–H and O–H groups in total. The van der Waals surface area contributed by atoms with E-state index in [-0.39, 0.29) is 5.12 Å². The summed E-state index contributed by atoms with van der Waals surface area (Å²) in [5.74, 6) is 0.785. The first-order valence-electron chi connectivity index (χ1n) is 3.84. The van der Waals surface area contributed by atoms with E-state index in [1.165, 1.54) is 11.8 Å². The number of hydrogen-bond acceptors (Lipinski definition) is 2. The third kappa shape index (κ3) is 2.70. The maximum absolute atomic E-state index is 11.3. The van der Waals surface area contributed by atoms with Crippen LogP contribution in [0.3, 0.4) is 0 Å². The quantitative estimate of drug-likeness (QED) is 0.709. The lowest BCUT2D eigenvalue weighted by Gasteiger charge is -1.97. The molecular formula is C10H11OS. The van der Waals surface area contributed by atoms with Crippen LogP contribution in [0.5, 0.6) is 0 Å². The van der Waals surface area contributed by atoms with Gasteiger partial charge in [-0.3, -0.25) is 4.79 Å². The van der Waals surface area contributed by atoms with E-state index in [0.29, 0.717) is 0 Å². The van der Waals surface area contributed by atoms with E-state index in [1.54, 1.807) is 0 Å². The summed E-state index contributed by atoms with van der Waals surface area (Å²) in [7, 11) is 0. The van der Waals surface area contributed by atoms with E-state index >= 15 is 0 Å². The molecule has 1 radical (unpaired) electrons. The smallest absolute Gasteiger partial charge is 0.219 e. The Kier molecular flexibility index (Phi) is 3.88. The highest BCUT2D eigenvalue weighted by molar-refractivity contribution is 8.14. The minimum absolute atomic E-state index is 0.147. The van der Waals surface area contributed by atoms with Crippen molar-refractivity contribution in [2.75, 3.05) is 5.75 Å². The second-order valence-electron chi connectivity index (χ2n) is 2.37. The van der Waals surface area contributed by atoms with E-state index in [9.17, 15) is 4.79 Å². The van der Waals surface area contributed by atoms with E-state index in [1.807, 2.05) is 43.7 Å². The zero-order chi connectivity index (χ0) is 8.81. The van der Waals surface area contributed by atoms with Gasteiger partial charge in [0.1, 0.15) is 0 Å². The zero-order valence-corrected chi connectivity index (χ0v) is 7.80. The maximum Gasteiger partial charge on any atom is 0.219 e. The highest BCUT2D eigenvalue weighted by Gasteiger charge is 2.03. The predicted octanol–water partition coefficient (Wildman–Crippen LogP) is 2.78. The third-order valence-electron chi connectivity index (χ3n) is 1.39. The maximum atomic E-state index is 11.3. The van der Waals surface area contributed by atoms with Gasteiger partial charge in [0, 0.05) is 11.3 Å². The Labute approximate surface area is 77.2 Å². The summed E-state index contributed by atoms with van der Waals surface area (Å²) < 4.78 is 0. The van der Waals surface area contributed by atoms with Gasteiger partial charge in [-0.15, -0.1) is 0 Å². The fourth-order valence-electron chi connectivity index (χ4n) is 0.817. The molecule has 0 aromatic heterocycles. The van der Waals surface area contributed by atoms with Crippen molar-refractivity contribution in [3.63, 3.8) is 0 Å². The molecule has 0 unspecified atom stereocenters. The highest BCUT2D eigenvalue weighted by Crippen LogP contribution is 2.11. The molecule has 0 heterocycles. The lowest BCUT2D eigenvalue weighted by Crippen LogP contribution is -1.93. The Bertz CT molecular complexity index is 243. The first-order chi connectivity index (χ1) is 5.84. The lowest BCUT2D eigenvalue weighted by molar-refractivity contribution is 0.108. The van der Waals surface area contributed by atoms with Crippen LogP contribution in [-0.4, -0.2) is 10.9 Å². The predicted molar refractivity (Wildman–Crippen MR) is 53.2 cm³/mol. The second-order valence-corrected chi connectivity index (χ2v) is 3.37. The van der Waals surface area contributed by atoms with Crippen LogP contribution in [0.4, 0.5) is 0 Å². The van der Waals surface area contributed by atoms with Crippen LogP contribution < -0.4 is 0 Å². The molecule has 63 valence electrons. The van der Waals surface area contributed by atoms with Crippen molar-refractivity contribution in [3.8, 4) is 0 Å². The first-order valence-corrected chi connectivity index (χ1v) is 4.83. The minimum atomic E-state index is 0.147. The molecule has 12 heavy (non-hydrogen) atoms. The molecule has 0 saturated carbocycles. The number of rotatable bonds is 3. The molecule has 0 bridgehead atoms. The Hall–Kier alpha value is -0.760. The van der Waals surface area contributed by atoms with Crippen molar-refractivity contribution in [1.82, 2.24) is 0 Å². The van der Waals surface area contributed by atoms with Crippen LogP contribution in [0.2, 0.25) is 0 Å². The molecule has 0 aliphatic carbocycles. The second kappa shape index (κ2) is 4.99. The fraction of sp³-hybridized carbons (Fsp3) is 0.200. The molecule has 0 fully saturated rings. The molecule has 0 aliphatic rings. The highest BCUT2D eigenvalue weighted by atomic mass is 32.2. The number of benzene rings is 1. The normalized spacial score (nSPS) is 9.75.